The lowest BCUT2D eigenvalue weighted by Crippen LogP contribution is -2.09. The number of anilines is 3. The molecule has 5 nitrogen and oxygen atoms in total. The number of aromatic nitrogens is 3. The van der Waals surface area contributed by atoms with E-state index in [1.54, 1.807) is 18.2 Å². The maximum Gasteiger partial charge on any atom is 0.249 e. The molecule has 2 aromatic carbocycles. The van der Waals surface area contributed by atoms with Crippen LogP contribution in [-0.2, 0) is 6.42 Å². The van der Waals surface area contributed by atoms with Crippen molar-refractivity contribution in [2.45, 2.75) is 6.42 Å². The molecule has 3 rings (SSSR count). The largest absolute Gasteiger partial charge is 0.368 e. The Balaban J connectivity index is 1.60. The molecule has 0 spiro atoms. The van der Waals surface area contributed by atoms with Gasteiger partial charge in [-0.3, -0.25) is 0 Å². The predicted octanol–water partition coefficient (Wildman–Crippen LogP) is 4.06. The molecule has 0 aliphatic heterocycles. The second-order valence-electron chi connectivity index (χ2n) is 5.08. The smallest absolute Gasteiger partial charge is 0.249 e. The van der Waals surface area contributed by atoms with Crippen LogP contribution in [0.15, 0.2) is 54.7 Å². The highest BCUT2D eigenvalue weighted by Crippen LogP contribution is 2.17. The number of hydrogen-bond donors (Lipinski definition) is 2. The van der Waals surface area contributed by atoms with Crippen LogP contribution in [0.25, 0.3) is 0 Å². The van der Waals surface area contributed by atoms with Gasteiger partial charge in [0.05, 0.1) is 11.9 Å². The molecule has 0 bridgehead atoms. The van der Waals surface area contributed by atoms with Gasteiger partial charge in [0.1, 0.15) is 5.82 Å². The van der Waals surface area contributed by atoms with E-state index in [1.807, 2.05) is 24.3 Å². The van der Waals surface area contributed by atoms with Crippen LogP contribution >= 0.6 is 11.6 Å². The molecule has 2 N–H and O–H groups in total. The standard InChI is InChI=1S/C17H15ClFN5/c18-13-5-3-4-12(10-13)8-9-20-16-11-21-24-17(23-16)22-15-7-2-1-6-14(15)19/h1-7,10-11H,8-9H2,(H2,20,22,23,24). The number of nitrogens with zero attached hydrogens (tertiary/aromatic N) is 3. The summed E-state index contributed by atoms with van der Waals surface area (Å²) in [5, 5.41) is 14.4. The van der Waals surface area contributed by atoms with Crippen LogP contribution in [0.3, 0.4) is 0 Å². The molecule has 1 heterocycles. The van der Waals surface area contributed by atoms with E-state index < -0.39 is 0 Å². The third-order valence-corrected chi connectivity index (χ3v) is 3.52. The summed E-state index contributed by atoms with van der Waals surface area (Å²) in [4.78, 5) is 4.27. The quantitative estimate of drug-likeness (QED) is 0.706. The lowest BCUT2D eigenvalue weighted by molar-refractivity contribution is 0.631. The van der Waals surface area contributed by atoms with Crippen LogP contribution in [0.4, 0.5) is 21.8 Å². The SMILES string of the molecule is Fc1ccccc1Nc1nncc(NCCc2cccc(Cl)c2)n1. The Morgan fingerprint density at radius 2 is 1.96 bits per heavy atom. The Morgan fingerprint density at radius 3 is 2.79 bits per heavy atom. The Morgan fingerprint density at radius 1 is 1.08 bits per heavy atom. The number of para-hydroxylation sites is 1. The van der Waals surface area contributed by atoms with Gasteiger partial charge in [0, 0.05) is 11.6 Å². The van der Waals surface area contributed by atoms with Gasteiger partial charge in [-0.15, -0.1) is 5.10 Å². The molecule has 0 unspecified atom stereocenters. The molecular formula is C17H15ClFN5. The van der Waals surface area contributed by atoms with Crippen LogP contribution in [0.1, 0.15) is 5.56 Å². The predicted molar refractivity (Wildman–Crippen MR) is 93.2 cm³/mol. The maximum absolute atomic E-state index is 13.6. The molecule has 1 aromatic heterocycles. The van der Waals surface area contributed by atoms with Crippen LogP contribution in [-0.4, -0.2) is 21.7 Å². The summed E-state index contributed by atoms with van der Waals surface area (Å²) in [6.45, 7) is 0.665. The monoisotopic (exact) mass is 343 g/mol. The highest BCUT2D eigenvalue weighted by Gasteiger charge is 2.05. The highest BCUT2D eigenvalue weighted by atomic mass is 35.5. The van der Waals surface area contributed by atoms with Gasteiger partial charge < -0.3 is 10.6 Å². The Kier molecular flexibility index (Phi) is 5.18. The maximum atomic E-state index is 13.6. The first-order valence-corrected chi connectivity index (χ1v) is 7.78. The van der Waals surface area contributed by atoms with Gasteiger partial charge in [-0.1, -0.05) is 35.9 Å². The molecular weight excluding hydrogens is 329 g/mol. The number of nitrogens with one attached hydrogen (secondary N) is 2. The van der Waals surface area contributed by atoms with E-state index in [-0.39, 0.29) is 11.8 Å². The first kappa shape index (κ1) is 16.1. The summed E-state index contributed by atoms with van der Waals surface area (Å²) in [7, 11) is 0. The average molecular weight is 344 g/mol. The van der Waals surface area contributed by atoms with E-state index in [0.717, 1.165) is 12.0 Å². The molecule has 0 saturated heterocycles. The lowest BCUT2D eigenvalue weighted by atomic mass is 10.1. The third kappa shape index (κ3) is 4.39. The molecule has 0 radical (unpaired) electrons. The van der Waals surface area contributed by atoms with E-state index in [0.29, 0.717) is 23.1 Å². The average Bonchev–Trinajstić information content (AvgIpc) is 2.58. The molecule has 0 saturated carbocycles. The third-order valence-electron chi connectivity index (χ3n) is 3.29. The minimum atomic E-state index is -0.375. The summed E-state index contributed by atoms with van der Waals surface area (Å²) in [5.74, 6) is 0.416. The van der Waals surface area contributed by atoms with Crippen molar-refractivity contribution in [2.75, 3.05) is 17.2 Å². The van der Waals surface area contributed by atoms with Crippen molar-refractivity contribution in [1.29, 1.82) is 0 Å². The molecule has 0 atom stereocenters. The van der Waals surface area contributed by atoms with Crippen LogP contribution < -0.4 is 10.6 Å². The zero-order valence-corrected chi connectivity index (χ0v) is 13.5. The number of benzene rings is 2. The minimum absolute atomic E-state index is 0.229. The number of halogens is 2. The lowest BCUT2D eigenvalue weighted by Gasteiger charge is -2.08. The molecule has 24 heavy (non-hydrogen) atoms. The summed E-state index contributed by atoms with van der Waals surface area (Å²) in [6, 6.07) is 14.0. The van der Waals surface area contributed by atoms with Gasteiger partial charge in [-0.2, -0.15) is 10.1 Å². The van der Waals surface area contributed by atoms with Gasteiger partial charge in [-0.05, 0) is 36.2 Å². The first-order chi connectivity index (χ1) is 11.7. The van der Waals surface area contributed by atoms with Crippen LogP contribution in [0.2, 0.25) is 5.02 Å². The van der Waals surface area contributed by atoms with Crippen LogP contribution in [0, 0.1) is 5.82 Å². The Labute approximate surface area is 143 Å². The Hall–Kier alpha value is -2.73. The normalized spacial score (nSPS) is 10.4. The van der Waals surface area contributed by atoms with Crippen molar-refractivity contribution in [3.8, 4) is 0 Å². The molecule has 0 amide bonds. The van der Waals surface area contributed by atoms with Gasteiger partial charge in [0.15, 0.2) is 5.82 Å². The zero-order chi connectivity index (χ0) is 16.8. The van der Waals surface area contributed by atoms with Crippen molar-refractivity contribution in [3.05, 3.63) is 71.1 Å². The second kappa shape index (κ2) is 7.70. The molecule has 7 heteroatoms. The summed E-state index contributed by atoms with van der Waals surface area (Å²) in [6.07, 6.45) is 2.31. The number of rotatable bonds is 6. The van der Waals surface area contributed by atoms with Crippen molar-refractivity contribution in [3.63, 3.8) is 0 Å². The van der Waals surface area contributed by atoms with Crippen molar-refractivity contribution in [1.82, 2.24) is 15.2 Å². The van der Waals surface area contributed by atoms with Gasteiger partial charge in [0.2, 0.25) is 5.95 Å². The highest BCUT2D eigenvalue weighted by molar-refractivity contribution is 6.30. The first-order valence-electron chi connectivity index (χ1n) is 7.40. The van der Waals surface area contributed by atoms with Crippen molar-refractivity contribution in [2.24, 2.45) is 0 Å². The molecule has 0 aliphatic rings. The van der Waals surface area contributed by atoms with Gasteiger partial charge >= 0.3 is 0 Å². The van der Waals surface area contributed by atoms with E-state index in [2.05, 4.69) is 25.8 Å². The zero-order valence-electron chi connectivity index (χ0n) is 12.7. The molecule has 3 aromatic rings. The summed E-state index contributed by atoms with van der Waals surface area (Å²) in [5.41, 5.74) is 1.43. The van der Waals surface area contributed by atoms with E-state index in [4.69, 9.17) is 11.6 Å². The van der Waals surface area contributed by atoms with E-state index in [9.17, 15) is 4.39 Å². The fourth-order valence-electron chi connectivity index (χ4n) is 2.15. The van der Waals surface area contributed by atoms with Gasteiger partial charge in [-0.25, -0.2) is 4.39 Å². The number of hydrogen-bond acceptors (Lipinski definition) is 5. The van der Waals surface area contributed by atoms with Crippen molar-refractivity contribution >= 4 is 29.1 Å². The summed E-state index contributed by atoms with van der Waals surface area (Å²) >= 11 is 5.96. The molecule has 122 valence electrons. The Bertz CT molecular complexity index is 827. The van der Waals surface area contributed by atoms with E-state index >= 15 is 0 Å². The minimum Gasteiger partial charge on any atom is -0.368 e. The molecule has 0 aliphatic carbocycles. The van der Waals surface area contributed by atoms with E-state index in [1.165, 1.54) is 12.3 Å². The van der Waals surface area contributed by atoms with Crippen LogP contribution in [0.5, 0.6) is 0 Å². The summed E-state index contributed by atoms with van der Waals surface area (Å²) < 4.78 is 13.6. The fourth-order valence-corrected chi connectivity index (χ4v) is 2.36. The molecule has 0 fully saturated rings. The van der Waals surface area contributed by atoms with Crippen molar-refractivity contribution < 1.29 is 4.39 Å². The topological polar surface area (TPSA) is 62.7 Å². The van der Waals surface area contributed by atoms with Gasteiger partial charge in [0.25, 0.3) is 0 Å². The second-order valence-corrected chi connectivity index (χ2v) is 5.51. The fraction of sp³-hybridized carbons (Fsp3) is 0.118.